The molecule has 14 heavy (non-hydrogen) atoms. The molecule has 0 heterocycles. The summed E-state index contributed by atoms with van der Waals surface area (Å²) in [5.74, 6) is 8.86. The number of nitrogens with two attached hydrogens (primary N) is 1. The van der Waals surface area contributed by atoms with Crippen LogP contribution in [0.2, 0.25) is 0 Å². The largest absolute Gasteiger partial charge is 0.379 e. The maximum atomic E-state index is 5.52. The molecule has 3 heteroatoms. The van der Waals surface area contributed by atoms with Crippen LogP contribution in [0.4, 0.5) is 0 Å². The van der Waals surface area contributed by atoms with Crippen molar-refractivity contribution in [1.29, 1.82) is 0 Å². The topological polar surface area (TPSA) is 47.3 Å². The molecule has 0 bridgehead atoms. The monoisotopic (exact) mass is 196 g/mol. The fourth-order valence-corrected chi connectivity index (χ4v) is 1.88. The van der Waals surface area contributed by atoms with E-state index in [0.29, 0.717) is 5.92 Å². The first-order valence-electron chi connectivity index (χ1n) is 5.25. The van der Waals surface area contributed by atoms with Gasteiger partial charge in [0.05, 0.1) is 6.10 Å². The maximum absolute atomic E-state index is 5.52. The van der Waals surface area contributed by atoms with Crippen LogP contribution < -0.4 is 11.3 Å². The zero-order valence-corrected chi connectivity index (χ0v) is 8.83. The van der Waals surface area contributed by atoms with Crippen LogP contribution >= 0.6 is 0 Å². The number of hydrogen-bond donors (Lipinski definition) is 2. The van der Waals surface area contributed by atoms with Gasteiger partial charge < -0.3 is 4.74 Å². The second kappa shape index (κ2) is 6.02. The maximum Gasteiger partial charge on any atom is 0.0765 e. The highest BCUT2D eigenvalue weighted by Crippen LogP contribution is 2.36. The highest BCUT2D eigenvalue weighted by molar-refractivity contribution is 4.90. The van der Waals surface area contributed by atoms with Gasteiger partial charge in [0.15, 0.2) is 0 Å². The molecule has 3 nitrogen and oxygen atoms in total. The number of ether oxygens (including phenoxy) is 1. The van der Waals surface area contributed by atoms with E-state index in [4.69, 9.17) is 17.0 Å². The SMILES string of the molecule is C#CCCCC(NN)C(OC)C1CC1. The van der Waals surface area contributed by atoms with Crippen LogP contribution in [-0.4, -0.2) is 19.3 Å². The Labute approximate surface area is 86.4 Å². The summed E-state index contributed by atoms with van der Waals surface area (Å²) in [5, 5.41) is 0. The van der Waals surface area contributed by atoms with Gasteiger partial charge in [-0.05, 0) is 31.6 Å². The Morgan fingerprint density at radius 2 is 2.36 bits per heavy atom. The van der Waals surface area contributed by atoms with Crippen molar-refractivity contribution in [3.05, 3.63) is 0 Å². The van der Waals surface area contributed by atoms with E-state index in [0.717, 1.165) is 19.3 Å². The van der Waals surface area contributed by atoms with Crippen molar-refractivity contribution >= 4 is 0 Å². The minimum atomic E-state index is 0.251. The smallest absolute Gasteiger partial charge is 0.0765 e. The van der Waals surface area contributed by atoms with Crippen LogP contribution in [0.25, 0.3) is 0 Å². The van der Waals surface area contributed by atoms with Gasteiger partial charge >= 0.3 is 0 Å². The number of unbranched alkanes of at least 4 members (excludes halogenated alkanes) is 1. The van der Waals surface area contributed by atoms with Gasteiger partial charge in [-0.15, -0.1) is 12.3 Å². The second-order valence-electron chi connectivity index (χ2n) is 3.91. The quantitative estimate of drug-likeness (QED) is 0.277. The molecule has 1 aliphatic carbocycles. The molecule has 0 aliphatic heterocycles. The van der Waals surface area contributed by atoms with E-state index in [1.807, 2.05) is 0 Å². The van der Waals surface area contributed by atoms with Gasteiger partial charge in [-0.25, -0.2) is 0 Å². The lowest BCUT2D eigenvalue weighted by Gasteiger charge is -2.25. The van der Waals surface area contributed by atoms with Crippen molar-refractivity contribution in [2.24, 2.45) is 11.8 Å². The van der Waals surface area contributed by atoms with Crippen LogP contribution in [0.15, 0.2) is 0 Å². The van der Waals surface area contributed by atoms with E-state index >= 15 is 0 Å². The Morgan fingerprint density at radius 1 is 1.64 bits per heavy atom. The van der Waals surface area contributed by atoms with Crippen LogP contribution in [0.3, 0.4) is 0 Å². The minimum absolute atomic E-state index is 0.251. The molecule has 0 spiro atoms. The summed E-state index contributed by atoms with van der Waals surface area (Å²) < 4.78 is 5.46. The molecule has 0 aromatic carbocycles. The summed E-state index contributed by atoms with van der Waals surface area (Å²) in [6, 6.07) is 0.251. The Morgan fingerprint density at radius 3 is 2.79 bits per heavy atom. The number of hydrazine groups is 1. The third-order valence-electron chi connectivity index (χ3n) is 2.81. The summed E-state index contributed by atoms with van der Waals surface area (Å²) in [7, 11) is 1.76. The number of hydrogen-bond acceptors (Lipinski definition) is 3. The van der Waals surface area contributed by atoms with E-state index in [9.17, 15) is 0 Å². The fraction of sp³-hybridized carbons (Fsp3) is 0.818. The van der Waals surface area contributed by atoms with Crippen LogP contribution in [0, 0.1) is 18.3 Å². The lowest BCUT2D eigenvalue weighted by molar-refractivity contribution is 0.0479. The van der Waals surface area contributed by atoms with E-state index in [-0.39, 0.29) is 12.1 Å². The lowest BCUT2D eigenvalue weighted by Crippen LogP contribution is -2.45. The van der Waals surface area contributed by atoms with Crippen molar-refractivity contribution in [3.8, 4) is 12.3 Å². The summed E-state index contributed by atoms with van der Waals surface area (Å²) in [6.07, 6.45) is 10.8. The number of rotatable bonds is 7. The van der Waals surface area contributed by atoms with Crippen LogP contribution in [0.1, 0.15) is 32.1 Å². The molecule has 0 radical (unpaired) electrons. The Bertz CT molecular complexity index is 196. The average Bonchev–Trinajstić information content (AvgIpc) is 3.01. The fourth-order valence-electron chi connectivity index (χ4n) is 1.88. The van der Waals surface area contributed by atoms with Crippen molar-refractivity contribution in [1.82, 2.24) is 5.43 Å². The van der Waals surface area contributed by atoms with Crippen molar-refractivity contribution in [3.63, 3.8) is 0 Å². The van der Waals surface area contributed by atoms with E-state index in [1.54, 1.807) is 7.11 Å². The highest BCUT2D eigenvalue weighted by atomic mass is 16.5. The lowest BCUT2D eigenvalue weighted by atomic mass is 10.0. The molecule has 0 aromatic heterocycles. The molecule has 0 aromatic rings. The molecular formula is C11H20N2O. The van der Waals surface area contributed by atoms with Crippen LogP contribution in [0.5, 0.6) is 0 Å². The highest BCUT2D eigenvalue weighted by Gasteiger charge is 2.35. The zero-order chi connectivity index (χ0) is 10.4. The van der Waals surface area contributed by atoms with E-state index in [2.05, 4.69) is 11.3 Å². The van der Waals surface area contributed by atoms with Gasteiger partial charge in [-0.1, -0.05) is 0 Å². The number of nitrogens with one attached hydrogen (secondary N) is 1. The van der Waals surface area contributed by atoms with Crippen molar-refractivity contribution in [2.75, 3.05) is 7.11 Å². The first-order chi connectivity index (χ1) is 6.83. The molecular weight excluding hydrogens is 176 g/mol. The zero-order valence-electron chi connectivity index (χ0n) is 8.83. The molecule has 1 rings (SSSR count). The van der Waals surface area contributed by atoms with Crippen LogP contribution in [-0.2, 0) is 4.74 Å². The van der Waals surface area contributed by atoms with E-state index in [1.165, 1.54) is 12.8 Å². The number of terminal acetylenes is 1. The third kappa shape index (κ3) is 3.30. The molecule has 0 amide bonds. The van der Waals surface area contributed by atoms with Gasteiger partial charge in [-0.3, -0.25) is 11.3 Å². The second-order valence-corrected chi connectivity index (χ2v) is 3.91. The Balaban J connectivity index is 2.30. The summed E-state index contributed by atoms with van der Waals surface area (Å²) in [6.45, 7) is 0. The summed E-state index contributed by atoms with van der Waals surface area (Å²) in [4.78, 5) is 0. The molecule has 2 unspecified atom stereocenters. The Hall–Kier alpha value is -0.560. The predicted molar refractivity (Wildman–Crippen MR) is 57.3 cm³/mol. The average molecular weight is 196 g/mol. The third-order valence-corrected chi connectivity index (χ3v) is 2.81. The Kier molecular flexibility index (Phi) is 4.95. The minimum Gasteiger partial charge on any atom is -0.379 e. The summed E-state index contributed by atoms with van der Waals surface area (Å²) in [5.41, 5.74) is 2.84. The first kappa shape index (κ1) is 11.5. The molecule has 2 atom stereocenters. The molecule has 1 saturated carbocycles. The number of methoxy groups -OCH3 is 1. The van der Waals surface area contributed by atoms with Gasteiger partial charge in [0.25, 0.3) is 0 Å². The molecule has 1 aliphatic rings. The standard InChI is InChI=1S/C11H20N2O/c1-3-4-5-6-10(13-12)11(14-2)9-7-8-9/h1,9-11,13H,4-8,12H2,2H3. The predicted octanol–water partition coefficient (Wildman–Crippen LogP) is 1.05. The molecule has 3 N–H and O–H groups in total. The molecule has 0 saturated heterocycles. The van der Waals surface area contributed by atoms with Crippen molar-refractivity contribution < 1.29 is 4.74 Å². The van der Waals surface area contributed by atoms with Gasteiger partial charge in [0, 0.05) is 19.6 Å². The van der Waals surface area contributed by atoms with Gasteiger partial charge in [0.2, 0.25) is 0 Å². The first-order valence-corrected chi connectivity index (χ1v) is 5.25. The normalized spacial score (nSPS) is 20.1. The molecule has 80 valence electrons. The van der Waals surface area contributed by atoms with Gasteiger partial charge in [0.1, 0.15) is 0 Å². The summed E-state index contributed by atoms with van der Waals surface area (Å²) >= 11 is 0. The van der Waals surface area contributed by atoms with Crippen molar-refractivity contribution in [2.45, 2.75) is 44.2 Å². The van der Waals surface area contributed by atoms with Gasteiger partial charge in [-0.2, -0.15) is 0 Å². The van der Waals surface area contributed by atoms with E-state index < -0.39 is 0 Å². The molecule has 1 fully saturated rings.